The molecule has 7 aromatic carbocycles. The zero-order valence-corrected chi connectivity index (χ0v) is 35.1. The lowest BCUT2D eigenvalue weighted by molar-refractivity contribution is 0.414. The van der Waals surface area contributed by atoms with Crippen LogP contribution in [0.1, 0.15) is 33.4 Å². The molecule has 0 unspecified atom stereocenters. The van der Waals surface area contributed by atoms with Crippen LogP contribution in [0.4, 0.5) is 22.7 Å². The van der Waals surface area contributed by atoms with E-state index in [0.717, 1.165) is 86.0 Å². The Labute approximate surface area is 367 Å². The number of anilines is 3. The summed E-state index contributed by atoms with van der Waals surface area (Å²) in [4.78, 5) is 12.0. The highest BCUT2D eigenvalue weighted by Crippen LogP contribution is 2.48. The Hall–Kier alpha value is -8.53. The fourth-order valence-corrected chi connectivity index (χ4v) is 8.37. The minimum atomic E-state index is 0.126. The summed E-state index contributed by atoms with van der Waals surface area (Å²) >= 11 is 0. The third-order valence-electron chi connectivity index (χ3n) is 11.4. The van der Waals surface area contributed by atoms with Gasteiger partial charge in [-0.3, -0.25) is 4.90 Å². The number of methoxy groups -OCH3 is 3. The number of hydrogen-bond donors (Lipinski definition) is 0. The van der Waals surface area contributed by atoms with Crippen LogP contribution in [0, 0.1) is 22.7 Å². The number of aliphatic imine (C=N–C) groups is 1. The molecule has 0 fully saturated rings. The number of para-hydroxylation sites is 1. The average Bonchev–Trinajstić information content (AvgIpc) is 4.03. The van der Waals surface area contributed by atoms with Crippen molar-refractivity contribution in [3.8, 4) is 29.4 Å². The third-order valence-corrected chi connectivity index (χ3v) is 11.4. The SMILES string of the molecule is COc1ccc(N2Cc3ccccc3C2=C(C#N)C#N)cc1.COc1ccc(N=C2c3ccccc3/C(=C3\c4ccccc4CN3c3ccccc3)N2c2ccc(OC)cc2)cc1. The molecule has 9 heteroatoms. The second kappa shape index (κ2) is 17.6. The van der Waals surface area contributed by atoms with Crippen LogP contribution < -0.4 is 28.9 Å². The largest absolute Gasteiger partial charge is 0.497 e. The molecule has 0 N–H and O–H groups in total. The molecule has 0 bridgehead atoms. The van der Waals surface area contributed by atoms with Gasteiger partial charge in [-0.05, 0) is 96.1 Å². The van der Waals surface area contributed by atoms with E-state index in [9.17, 15) is 10.5 Å². The van der Waals surface area contributed by atoms with Crippen LogP contribution >= 0.6 is 0 Å². The van der Waals surface area contributed by atoms with Crippen molar-refractivity contribution >= 4 is 45.7 Å². The molecule has 9 nitrogen and oxygen atoms in total. The minimum Gasteiger partial charge on any atom is -0.497 e. The van der Waals surface area contributed by atoms with Crippen molar-refractivity contribution in [1.29, 1.82) is 10.5 Å². The normalized spacial score (nSPS) is 15.1. The Bertz CT molecular complexity index is 2960. The minimum absolute atomic E-state index is 0.126. The summed E-state index contributed by atoms with van der Waals surface area (Å²) < 4.78 is 16.1. The van der Waals surface area contributed by atoms with Gasteiger partial charge in [0, 0.05) is 52.4 Å². The van der Waals surface area contributed by atoms with Crippen molar-refractivity contribution in [2.45, 2.75) is 13.1 Å². The van der Waals surface area contributed by atoms with E-state index in [0.29, 0.717) is 12.2 Å². The van der Waals surface area contributed by atoms with Crippen molar-refractivity contribution < 1.29 is 14.2 Å². The van der Waals surface area contributed by atoms with E-state index in [-0.39, 0.29) is 5.57 Å². The summed E-state index contributed by atoms with van der Waals surface area (Å²) in [5.41, 5.74) is 13.8. The molecule has 0 atom stereocenters. The van der Waals surface area contributed by atoms with E-state index in [1.165, 1.54) is 11.1 Å². The van der Waals surface area contributed by atoms with Crippen LogP contribution in [0.25, 0.3) is 17.1 Å². The van der Waals surface area contributed by atoms with Crippen molar-refractivity contribution in [2.24, 2.45) is 4.99 Å². The topological polar surface area (TPSA) is 97.3 Å². The van der Waals surface area contributed by atoms with Gasteiger partial charge in [0.1, 0.15) is 35.2 Å². The van der Waals surface area contributed by atoms with Gasteiger partial charge in [-0.25, -0.2) is 4.99 Å². The first-order valence-corrected chi connectivity index (χ1v) is 20.5. The number of allylic oxidation sites excluding steroid dienone is 1. The summed E-state index contributed by atoms with van der Waals surface area (Å²) in [5, 5.41) is 18.6. The lowest BCUT2D eigenvalue weighted by atomic mass is 10.0. The molecular weight excluding hydrogens is 781 g/mol. The Morgan fingerprint density at radius 2 is 0.921 bits per heavy atom. The van der Waals surface area contributed by atoms with Crippen molar-refractivity contribution in [3.05, 3.63) is 215 Å². The van der Waals surface area contributed by atoms with Gasteiger partial charge >= 0.3 is 0 Å². The molecule has 0 aliphatic carbocycles. The van der Waals surface area contributed by atoms with Gasteiger partial charge in [0.15, 0.2) is 5.57 Å². The molecule has 3 heterocycles. The van der Waals surface area contributed by atoms with Crippen LogP contribution in [0.15, 0.2) is 186 Å². The van der Waals surface area contributed by atoms with E-state index in [2.05, 4.69) is 101 Å². The molecule has 0 saturated heterocycles. The van der Waals surface area contributed by atoms with Crippen LogP contribution in [0.5, 0.6) is 17.2 Å². The first-order valence-electron chi connectivity index (χ1n) is 20.5. The fraction of sp³-hybridized carbons (Fsp3) is 0.0926. The molecular formula is C54H42N6O3. The average molecular weight is 823 g/mol. The zero-order valence-electron chi connectivity index (χ0n) is 35.1. The summed E-state index contributed by atoms with van der Waals surface area (Å²) in [6.45, 7) is 1.44. The van der Waals surface area contributed by atoms with Crippen molar-refractivity contribution in [3.63, 3.8) is 0 Å². The lowest BCUT2D eigenvalue weighted by Gasteiger charge is -2.28. The smallest absolute Gasteiger partial charge is 0.153 e. The fourth-order valence-electron chi connectivity index (χ4n) is 8.37. The number of amidine groups is 1. The van der Waals surface area contributed by atoms with E-state index in [1.807, 2.05) is 102 Å². The number of fused-ring (bicyclic) bond motifs is 3. The van der Waals surface area contributed by atoms with Gasteiger partial charge < -0.3 is 24.0 Å². The highest BCUT2D eigenvalue weighted by Gasteiger charge is 2.39. The van der Waals surface area contributed by atoms with Gasteiger partial charge in [0.2, 0.25) is 0 Å². The van der Waals surface area contributed by atoms with Crippen molar-refractivity contribution in [2.75, 3.05) is 36.0 Å². The molecule has 306 valence electrons. The third kappa shape index (κ3) is 7.61. The molecule has 3 aliphatic rings. The molecule has 0 aromatic heterocycles. The lowest BCUT2D eigenvalue weighted by Crippen LogP contribution is -2.26. The molecule has 63 heavy (non-hydrogen) atoms. The number of rotatable bonds is 7. The van der Waals surface area contributed by atoms with Crippen LogP contribution in [0.2, 0.25) is 0 Å². The van der Waals surface area contributed by atoms with Gasteiger partial charge in [-0.2, -0.15) is 10.5 Å². The molecule has 0 spiro atoms. The Morgan fingerprint density at radius 1 is 0.460 bits per heavy atom. The van der Waals surface area contributed by atoms with Crippen LogP contribution in [-0.4, -0.2) is 27.2 Å². The highest BCUT2D eigenvalue weighted by molar-refractivity contribution is 6.29. The molecule has 0 saturated carbocycles. The molecule has 0 amide bonds. The first kappa shape index (κ1) is 39.9. The van der Waals surface area contributed by atoms with Crippen LogP contribution in [-0.2, 0) is 13.1 Å². The van der Waals surface area contributed by atoms with Crippen LogP contribution in [0.3, 0.4) is 0 Å². The van der Waals surface area contributed by atoms with E-state index in [4.69, 9.17) is 19.2 Å². The molecule has 7 aromatic rings. The number of hydrogen-bond acceptors (Lipinski definition) is 8. The quantitative estimate of drug-likeness (QED) is 0.147. The van der Waals surface area contributed by atoms with Gasteiger partial charge in [-0.1, -0.05) is 91.0 Å². The predicted octanol–water partition coefficient (Wildman–Crippen LogP) is 11.6. The van der Waals surface area contributed by atoms with Gasteiger partial charge in [0.05, 0.1) is 44.1 Å². The number of nitriles is 2. The second-order valence-corrected chi connectivity index (χ2v) is 14.9. The first-order chi connectivity index (χ1) is 31.0. The standard InChI is InChI=1S/C36H29N3O2.C18H13N3O/c1-40-29-20-16-26(17-21-29)37-36-33-15-9-8-14-32(33)35(39(36)28-18-22-30(41-2)23-19-28)34-31-13-7-6-10-25(31)24-38(34)27-11-4-3-5-12-27;1-22-16-8-6-15(7-9-16)21-12-13-4-2-3-5-17(13)18(21)14(10-19)11-20/h3-23H,24H2,1-2H3;2-9H,12H2,1H3/b35-34-,37-36?;. The summed E-state index contributed by atoms with van der Waals surface area (Å²) in [5.74, 6) is 3.25. The Morgan fingerprint density at radius 3 is 1.51 bits per heavy atom. The summed E-state index contributed by atoms with van der Waals surface area (Å²) in [6.07, 6.45) is 0. The van der Waals surface area contributed by atoms with Gasteiger partial charge in [0.25, 0.3) is 0 Å². The maximum Gasteiger partial charge on any atom is 0.153 e. The maximum atomic E-state index is 9.28. The number of nitrogens with zero attached hydrogens (tertiary/aromatic N) is 6. The Balaban J connectivity index is 0.000000193. The molecule has 0 radical (unpaired) electrons. The highest BCUT2D eigenvalue weighted by atomic mass is 16.5. The predicted molar refractivity (Wildman–Crippen MR) is 251 cm³/mol. The monoisotopic (exact) mass is 822 g/mol. The Kier molecular flexibility index (Phi) is 11.1. The van der Waals surface area contributed by atoms with Crippen molar-refractivity contribution in [1.82, 2.24) is 0 Å². The van der Waals surface area contributed by atoms with E-state index >= 15 is 0 Å². The zero-order chi connectivity index (χ0) is 43.3. The van der Waals surface area contributed by atoms with E-state index < -0.39 is 0 Å². The van der Waals surface area contributed by atoms with Gasteiger partial charge in [-0.15, -0.1) is 0 Å². The number of benzene rings is 7. The maximum absolute atomic E-state index is 9.28. The summed E-state index contributed by atoms with van der Waals surface area (Å²) in [7, 11) is 4.99. The summed E-state index contributed by atoms with van der Waals surface area (Å²) in [6, 6.07) is 63.4. The second-order valence-electron chi connectivity index (χ2n) is 14.9. The molecule has 10 rings (SSSR count). The van der Waals surface area contributed by atoms with E-state index in [1.54, 1.807) is 21.3 Å². The number of ether oxygens (including phenoxy) is 3. The molecule has 3 aliphatic heterocycles.